The fraction of sp³-hybridized carbons (Fsp3) is 0.267. The Hall–Kier alpha value is -1.52. The van der Waals surface area contributed by atoms with E-state index in [0.29, 0.717) is 16.3 Å². The number of nitrogens with one attached hydrogen (secondary N) is 1. The van der Waals surface area contributed by atoms with Gasteiger partial charge in [0.15, 0.2) is 0 Å². The molecular weight excluding hydrogens is 292 g/mol. The Morgan fingerprint density at radius 1 is 1.40 bits per heavy atom. The van der Waals surface area contributed by atoms with Crippen molar-refractivity contribution in [2.24, 2.45) is 0 Å². The fourth-order valence-corrected chi connectivity index (χ4v) is 3.77. The minimum Gasteiger partial charge on any atom is -0.397 e. The summed E-state index contributed by atoms with van der Waals surface area (Å²) in [5, 5.41) is 5.58. The molecule has 5 heteroatoms. The van der Waals surface area contributed by atoms with Gasteiger partial charge >= 0.3 is 0 Å². The molecule has 1 heterocycles. The number of amides is 1. The lowest BCUT2D eigenvalue weighted by Gasteiger charge is -2.24. The zero-order valence-electron chi connectivity index (χ0n) is 10.9. The summed E-state index contributed by atoms with van der Waals surface area (Å²) in [4.78, 5) is 13.7. The van der Waals surface area contributed by atoms with Crippen LogP contribution in [0.1, 0.15) is 39.7 Å². The van der Waals surface area contributed by atoms with Crippen LogP contribution >= 0.6 is 22.9 Å². The first kappa shape index (κ1) is 13.5. The van der Waals surface area contributed by atoms with Crippen LogP contribution < -0.4 is 11.1 Å². The predicted molar refractivity (Wildman–Crippen MR) is 83.3 cm³/mol. The summed E-state index contributed by atoms with van der Waals surface area (Å²) in [6, 6.07) is 7.31. The van der Waals surface area contributed by atoms with E-state index < -0.39 is 0 Å². The second-order valence-electron chi connectivity index (χ2n) is 4.92. The summed E-state index contributed by atoms with van der Waals surface area (Å²) in [6.45, 7) is 0. The van der Waals surface area contributed by atoms with Gasteiger partial charge in [-0.2, -0.15) is 0 Å². The van der Waals surface area contributed by atoms with E-state index in [1.165, 1.54) is 10.4 Å². The van der Waals surface area contributed by atoms with Gasteiger partial charge in [0.1, 0.15) is 0 Å². The van der Waals surface area contributed by atoms with E-state index in [4.69, 9.17) is 17.3 Å². The zero-order valence-corrected chi connectivity index (χ0v) is 12.4. The van der Waals surface area contributed by atoms with Crippen LogP contribution in [-0.2, 0) is 6.42 Å². The van der Waals surface area contributed by atoms with E-state index in [1.807, 2.05) is 0 Å². The lowest BCUT2D eigenvalue weighted by molar-refractivity contribution is 0.0934. The Morgan fingerprint density at radius 2 is 2.25 bits per heavy atom. The van der Waals surface area contributed by atoms with Gasteiger partial charge in [-0.3, -0.25) is 4.79 Å². The normalized spacial score (nSPS) is 17.6. The second kappa shape index (κ2) is 5.46. The number of para-hydroxylation sites is 1. The number of carbonyl (C=O) groups is 1. The van der Waals surface area contributed by atoms with Crippen LogP contribution in [-0.4, -0.2) is 5.91 Å². The van der Waals surface area contributed by atoms with Gasteiger partial charge < -0.3 is 11.1 Å². The number of halogens is 1. The lowest BCUT2D eigenvalue weighted by Crippen LogP contribution is -2.30. The molecule has 1 aliphatic carbocycles. The molecule has 1 amide bonds. The Kier molecular flexibility index (Phi) is 3.68. The summed E-state index contributed by atoms with van der Waals surface area (Å²) >= 11 is 7.72. The van der Waals surface area contributed by atoms with Crippen LogP contribution in [0.3, 0.4) is 0 Å². The van der Waals surface area contributed by atoms with Gasteiger partial charge in [0, 0.05) is 4.88 Å². The van der Waals surface area contributed by atoms with Crippen molar-refractivity contribution in [1.29, 1.82) is 0 Å². The molecule has 0 spiro atoms. The summed E-state index contributed by atoms with van der Waals surface area (Å²) < 4.78 is 0. The molecule has 0 saturated carbocycles. The molecule has 0 bridgehead atoms. The predicted octanol–water partition coefficient (Wildman–Crippen LogP) is 3.79. The zero-order chi connectivity index (χ0) is 14.1. The third-order valence-electron chi connectivity index (χ3n) is 3.65. The van der Waals surface area contributed by atoms with Crippen molar-refractivity contribution in [3.8, 4) is 0 Å². The molecule has 1 atom stereocenters. The maximum atomic E-state index is 12.4. The molecule has 3 rings (SSSR count). The molecule has 20 heavy (non-hydrogen) atoms. The van der Waals surface area contributed by atoms with E-state index in [9.17, 15) is 4.79 Å². The molecule has 0 fully saturated rings. The minimum atomic E-state index is -0.158. The standard InChI is InChI=1S/C15H15ClN2OS/c16-11-4-1-3-10(14(11)17)15(19)18-12-5-2-6-13-9(12)7-8-20-13/h1,3-4,7-8,12H,2,5-6,17H2,(H,18,19). The average Bonchev–Trinajstić information content (AvgIpc) is 2.91. The molecule has 1 aliphatic rings. The molecule has 2 aromatic rings. The smallest absolute Gasteiger partial charge is 0.253 e. The fourth-order valence-electron chi connectivity index (χ4n) is 2.61. The Labute approximate surface area is 126 Å². The van der Waals surface area contributed by atoms with Crippen molar-refractivity contribution in [1.82, 2.24) is 5.32 Å². The number of carbonyl (C=O) groups excluding carboxylic acids is 1. The van der Waals surface area contributed by atoms with Gasteiger partial charge in [-0.05, 0) is 48.4 Å². The van der Waals surface area contributed by atoms with Gasteiger partial charge in [0.2, 0.25) is 0 Å². The quantitative estimate of drug-likeness (QED) is 0.829. The first-order chi connectivity index (χ1) is 9.66. The number of rotatable bonds is 2. The topological polar surface area (TPSA) is 55.1 Å². The summed E-state index contributed by atoms with van der Waals surface area (Å²) in [7, 11) is 0. The molecule has 0 aliphatic heterocycles. The van der Waals surface area contributed by atoms with Crippen LogP contribution in [0.25, 0.3) is 0 Å². The third-order valence-corrected chi connectivity index (χ3v) is 4.98. The van der Waals surface area contributed by atoms with Crippen LogP contribution in [0, 0.1) is 0 Å². The third kappa shape index (κ3) is 2.41. The Morgan fingerprint density at radius 3 is 3.10 bits per heavy atom. The van der Waals surface area contributed by atoms with Crippen LogP contribution in [0.2, 0.25) is 5.02 Å². The largest absolute Gasteiger partial charge is 0.397 e. The molecule has 3 N–H and O–H groups in total. The van der Waals surface area contributed by atoms with E-state index >= 15 is 0 Å². The van der Waals surface area contributed by atoms with Crippen molar-refractivity contribution in [2.45, 2.75) is 25.3 Å². The van der Waals surface area contributed by atoms with Gasteiger partial charge in [-0.15, -0.1) is 11.3 Å². The van der Waals surface area contributed by atoms with Crippen molar-refractivity contribution in [2.75, 3.05) is 5.73 Å². The van der Waals surface area contributed by atoms with Crippen molar-refractivity contribution in [3.63, 3.8) is 0 Å². The van der Waals surface area contributed by atoms with Crippen molar-refractivity contribution in [3.05, 3.63) is 50.7 Å². The highest BCUT2D eigenvalue weighted by Gasteiger charge is 2.24. The monoisotopic (exact) mass is 306 g/mol. The number of anilines is 1. The molecule has 1 unspecified atom stereocenters. The van der Waals surface area contributed by atoms with Gasteiger partial charge in [0.05, 0.1) is 22.3 Å². The number of hydrogen-bond acceptors (Lipinski definition) is 3. The highest BCUT2D eigenvalue weighted by atomic mass is 35.5. The number of aryl methyl sites for hydroxylation is 1. The molecule has 1 aromatic carbocycles. The summed E-state index contributed by atoms with van der Waals surface area (Å²) in [5.41, 5.74) is 7.90. The molecule has 0 radical (unpaired) electrons. The van der Waals surface area contributed by atoms with Crippen LogP contribution in [0.15, 0.2) is 29.6 Å². The molecule has 1 aromatic heterocycles. The first-order valence-electron chi connectivity index (χ1n) is 6.58. The number of nitrogen functional groups attached to an aromatic ring is 1. The Balaban J connectivity index is 1.83. The highest BCUT2D eigenvalue weighted by Crippen LogP contribution is 2.33. The molecular formula is C15H15ClN2OS. The van der Waals surface area contributed by atoms with Crippen molar-refractivity contribution >= 4 is 34.5 Å². The van der Waals surface area contributed by atoms with Gasteiger partial charge in [0.25, 0.3) is 5.91 Å². The number of benzene rings is 1. The maximum absolute atomic E-state index is 12.4. The molecule has 104 valence electrons. The highest BCUT2D eigenvalue weighted by molar-refractivity contribution is 7.10. The minimum absolute atomic E-state index is 0.0795. The Bertz CT molecular complexity index is 653. The molecule has 0 saturated heterocycles. The first-order valence-corrected chi connectivity index (χ1v) is 7.83. The van der Waals surface area contributed by atoms with E-state index in [-0.39, 0.29) is 11.9 Å². The van der Waals surface area contributed by atoms with Gasteiger partial charge in [-0.1, -0.05) is 17.7 Å². The average molecular weight is 307 g/mol. The van der Waals surface area contributed by atoms with E-state index in [1.54, 1.807) is 29.5 Å². The van der Waals surface area contributed by atoms with Crippen LogP contribution in [0.5, 0.6) is 0 Å². The number of thiophene rings is 1. The SMILES string of the molecule is Nc1c(Cl)cccc1C(=O)NC1CCCc2sccc21. The number of nitrogens with two attached hydrogens (primary N) is 1. The summed E-state index contributed by atoms with van der Waals surface area (Å²) in [5.74, 6) is -0.158. The number of fused-ring (bicyclic) bond motifs is 1. The second-order valence-corrected chi connectivity index (χ2v) is 6.33. The van der Waals surface area contributed by atoms with Gasteiger partial charge in [-0.25, -0.2) is 0 Å². The van der Waals surface area contributed by atoms with Crippen LogP contribution in [0.4, 0.5) is 5.69 Å². The molecule has 3 nitrogen and oxygen atoms in total. The number of hydrogen-bond donors (Lipinski definition) is 2. The lowest BCUT2D eigenvalue weighted by atomic mass is 9.94. The van der Waals surface area contributed by atoms with Crippen molar-refractivity contribution < 1.29 is 4.79 Å². The summed E-state index contributed by atoms with van der Waals surface area (Å²) in [6.07, 6.45) is 3.18. The van der Waals surface area contributed by atoms with E-state index in [0.717, 1.165) is 19.3 Å². The maximum Gasteiger partial charge on any atom is 0.253 e. The van der Waals surface area contributed by atoms with E-state index in [2.05, 4.69) is 16.8 Å².